The van der Waals surface area contributed by atoms with Crippen LogP contribution in [-0.2, 0) is 0 Å². The standard InChI is InChI=1S/C15H29F3N2O/c1-4-20(10-15(16,17)18)9-7-13-6-5-8-14(13,11-21)19-12(2)3/h12-13,19,21H,4-11H2,1-3H3. The van der Waals surface area contributed by atoms with Gasteiger partial charge in [0.15, 0.2) is 0 Å². The third kappa shape index (κ3) is 5.75. The Morgan fingerprint density at radius 2 is 2.05 bits per heavy atom. The summed E-state index contributed by atoms with van der Waals surface area (Å²) in [5.41, 5.74) is -0.314. The Bertz CT molecular complexity index is 310. The number of aliphatic hydroxyl groups excluding tert-OH is 1. The Morgan fingerprint density at radius 3 is 2.52 bits per heavy atom. The summed E-state index contributed by atoms with van der Waals surface area (Å²) >= 11 is 0. The van der Waals surface area contributed by atoms with Gasteiger partial charge < -0.3 is 10.4 Å². The first-order valence-corrected chi connectivity index (χ1v) is 7.90. The lowest BCUT2D eigenvalue weighted by Gasteiger charge is -2.38. The van der Waals surface area contributed by atoms with Crippen LogP contribution in [0.25, 0.3) is 0 Å². The van der Waals surface area contributed by atoms with Gasteiger partial charge in [-0.1, -0.05) is 27.2 Å². The molecule has 6 heteroatoms. The van der Waals surface area contributed by atoms with Crippen LogP contribution in [0, 0.1) is 5.92 Å². The minimum Gasteiger partial charge on any atom is -0.394 e. The highest BCUT2D eigenvalue weighted by Gasteiger charge is 2.42. The third-order valence-electron chi connectivity index (χ3n) is 4.46. The number of nitrogens with one attached hydrogen (secondary N) is 1. The molecule has 126 valence electrons. The Labute approximate surface area is 125 Å². The van der Waals surface area contributed by atoms with E-state index in [-0.39, 0.29) is 24.1 Å². The molecule has 0 aromatic rings. The highest BCUT2D eigenvalue weighted by Crippen LogP contribution is 2.38. The zero-order chi connectivity index (χ0) is 16.1. The molecule has 1 rings (SSSR count). The van der Waals surface area contributed by atoms with Crippen LogP contribution in [0.1, 0.15) is 46.5 Å². The lowest BCUT2D eigenvalue weighted by molar-refractivity contribution is -0.146. The van der Waals surface area contributed by atoms with Gasteiger partial charge in [-0.3, -0.25) is 4.90 Å². The monoisotopic (exact) mass is 310 g/mol. The van der Waals surface area contributed by atoms with Crippen molar-refractivity contribution >= 4 is 0 Å². The van der Waals surface area contributed by atoms with Crippen molar-refractivity contribution in [1.29, 1.82) is 0 Å². The largest absolute Gasteiger partial charge is 0.401 e. The molecule has 0 aromatic heterocycles. The van der Waals surface area contributed by atoms with E-state index < -0.39 is 12.7 Å². The van der Waals surface area contributed by atoms with Gasteiger partial charge in [-0.05, 0) is 38.3 Å². The molecule has 1 saturated carbocycles. The quantitative estimate of drug-likeness (QED) is 0.724. The van der Waals surface area contributed by atoms with Crippen LogP contribution >= 0.6 is 0 Å². The summed E-state index contributed by atoms with van der Waals surface area (Å²) < 4.78 is 37.5. The molecule has 0 spiro atoms. The van der Waals surface area contributed by atoms with E-state index in [1.165, 1.54) is 4.90 Å². The zero-order valence-electron chi connectivity index (χ0n) is 13.3. The van der Waals surface area contributed by atoms with Gasteiger partial charge in [0.2, 0.25) is 0 Å². The summed E-state index contributed by atoms with van der Waals surface area (Å²) in [5.74, 6) is 0.243. The maximum atomic E-state index is 12.5. The predicted molar refractivity (Wildman–Crippen MR) is 78.2 cm³/mol. The SMILES string of the molecule is CCN(CCC1CCCC1(CO)NC(C)C)CC(F)(F)F. The number of nitrogens with zero attached hydrogens (tertiary/aromatic N) is 1. The third-order valence-corrected chi connectivity index (χ3v) is 4.46. The van der Waals surface area contributed by atoms with E-state index in [9.17, 15) is 18.3 Å². The molecule has 0 bridgehead atoms. The first kappa shape index (κ1) is 18.7. The minimum absolute atomic E-state index is 0.0568. The normalized spacial score (nSPS) is 27.0. The fourth-order valence-corrected chi connectivity index (χ4v) is 3.52. The number of aliphatic hydroxyl groups is 1. The Morgan fingerprint density at radius 1 is 1.38 bits per heavy atom. The van der Waals surface area contributed by atoms with E-state index in [0.29, 0.717) is 19.5 Å². The number of hydrogen-bond donors (Lipinski definition) is 2. The van der Waals surface area contributed by atoms with E-state index in [0.717, 1.165) is 19.3 Å². The highest BCUT2D eigenvalue weighted by molar-refractivity contribution is 5.00. The van der Waals surface area contributed by atoms with Gasteiger partial charge in [0, 0.05) is 11.6 Å². The summed E-state index contributed by atoms with van der Waals surface area (Å²) in [4.78, 5) is 1.44. The maximum Gasteiger partial charge on any atom is 0.401 e. The highest BCUT2D eigenvalue weighted by atomic mass is 19.4. The van der Waals surface area contributed by atoms with Gasteiger partial charge in [0.05, 0.1) is 13.2 Å². The Balaban J connectivity index is 2.59. The molecule has 0 amide bonds. The maximum absolute atomic E-state index is 12.5. The van der Waals surface area contributed by atoms with Crippen molar-refractivity contribution in [1.82, 2.24) is 10.2 Å². The Kier molecular flexibility index (Phi) is 6.94. The van der Waals surface area contributed by atoms with Crippen LogP contribution in [-0.4, -0.2) is 54.0 Å². The zero-order valence-corrected chi connectivity index (χ0v) is 13.3. The molecule has 1 fully saturated rings. The summed E-state index contributed by atoms with van der Waals surface area (Å²) in [7, 11) is 0. The number of hydrogen-bond acceptors (Lipinski definition) is 3. The predicted octanol–water partition coefficient (Wildman–Crippen LogP) is 2.79. The van der Waals surface area contributed by atoms with Gasteiger partial charge in [0.1, 0.15) is 0 Å². The molecule has 1 aliphatic carbocycles. The molecule has 0 radical (unpaired) electrons. The van der Waals surface area contributed by atoms with E-state index in [4.69, 9.17) is 0 Å². The van der Waals surface area contributed by atoms with Crippen molar-refractivity contribution in [2.45, 2.75) is 64.2 Å². The molecule has 3 nitrogen and oxygen atoms in total. The molecule has 0 saturated heterocycles. The van der Waals surface area contributed by atoms with Crippen molar-refractivity contribution in [3.63, 3.8) is 0 Å². The van der Waals surface area contributed by atoms with Crippen LogP contribution in [0.5, 0.6) is 0 Å². The molecule has 2 N–H and O–H groups in total. The lowest BCUT2D eigenvalue weighted by Crippen LogP contribution is -2.54. The number of alkyl halides is 3. The molecule has 2 unspecified atom stereocenters. The summed E-state index contributed by atoms with van der Waals surface area (Å²) in [6, 6.07) is 0.259. The fourth-order valence-electron chi connectivity index (χ4n) is 3.52. The second kappa shape index (κ2) is 7.79. The summed E-state index contributed by atoms with van der Waals surface area (Å²) in [6.07, 6.45) is -0.544. The molecule has 1 aliphatic rings. The first-order valence-electron chi connectivity index (χ1n) is 7.90. The first-order chi connectivity index (χ1) is 9.72. The van der Waals surface area contributed by atoms with Crippen LogP contribution in [0.2, 0.25) is 0 Å². The van der Waals surface area contributed by atoms with Crippen LogP contribution < -0.4 is 5.32 Å². The molecular weight excluding hydrogens is 281 g/mol. The van der Waals surface area contributed by atoms with Crippen molar-refractivity contribution in [3.8, 4) is 0 Å². The molecular formula is C15H29F3N2O. The van der Waals surface area contributed by atoms with Gasteiger partial charge in [-0.15, -0.1) is 0 Å². The van der Waals surface area contributed by atoms with Crippen molar-refractivity contribution in [2.24, 2.45) is 5.92 Å². The van der Waals surface area contributed by atoms with Gasteiger partial charge in [-0.2, -0.15) is 13.2 Å². The second-order valence-electron chi connectivity index (χ2n) is 6.48. The Hall–Kier alpha value is -0.330. The van der Waals surface area contributed by atoms with Gasteiger partial charge >= 0.3 is 6.18 Å². The van der Waals surface area contributed by atoms with Crippen molar-refractivity contribution < 1.29 is 18.3 Å². The molecule has 2 atom stereocenters. The smallest absolute Gasteiger partial charge is 0.394 e. The fraction of sp³-hybridized carbons (Fsp3) is 1.00. The average molecular weight is 310 g/mol. The number of halogens is 3. The summed E-state index contributed by atoms with van der Waals surface area (Å²) in [5, 5.41) is 13.2. The molecule has 0 aliphatic heterocycles. The van der Waals surface area contributed by atoms with E-state index in [2.05, 4.69) is 5.32 Å². The van der Waals surface area contributed by atoms with E-state index in [1.54, 1.807) is 6.92 Å². The molecule has 0 heterocycles. The van der Waals surface area contributed by atoms with Crippen LogP contribution in [0.3, 0.4) is 0 Å². The second-order valence-corrected chi connectivity index (χ2v) is 6.48. The average Bonchev–Trinajstić information content (AvgIpc) is 2.75. The molecule has 21 heavy (non-hydrogen) atoms. The van der Waals surface area contributed by atoms with Crippen molar-refractivity contribution in [2.75, 3.05) is 26.2 Å². The van der Waals surface area contributed by atoms with Crippen LogP contribution in [0.15, 0.2) is 0 Å². The summed E-state index contributed by atoms with van der Waals surface area (Å²) in [6.45, 7) is 5.87. The van der Waals surface area contributed by atoms with Gasteiger partial charge in [-0.25, -0.2) is 0 Å². The van der Waals surface area contributed by atoms with E-state index >= 15 is 0 Å². The van der Waals surface area contributed by atoms with Crippen LogP contribution in [0.4, 0.5) is 13.2 Å². The number of rotatable bonds is 8. The van der Waals surface area contributed by atoms with Crippen molar-refractivity contribution in [3.05, 3.63) is 0 Å². The minimum atomic E-state index is -4.14. The van der Waals surface area contributed by atoms with E-state index in [1.807, 2.05) is 13.8 Å². The lowest BCUT2D eigenvalue weighted by atomic mass is 9.84. The molecule has 0 aromatic carbocycles. The topological polar surface area (TPSA) is 35.5 Å². The van der Waals surface area contributed by atoms with Gasteiger partial charge in [0.25, 0.3) is 0 Å².